The number of hydrogen-bond acceptors (Lipinski definition) is 6. The van der Waals surface area contributed by atoms with E-state index in [1.165, 1.54) is 6.33 Å². The third-order valence-electron chi connectivity index (χ3n) is 4.21. The van der Waals surface area contributed by atoms with Gasteiger partial charge in [0, 0.05) is 19.8 Å². The third kappa shape index (κ3) is 5.63. The molecule has 0 aliphatic rings. The topological polar surface area (TPSA) is 87.5 Å². The van der Waals surface area contributed by atoms with Gasteiger partial charge in [0.2, 0.25) is 0 Å². The lowest BCUT2D eigenvalue weighted by Gasteiger charge is -2.32. The summed E-state index contributed by atoms with van der Waals surface area (Å²) in [5.74, 6) is 0. The molecule has 10 heteroatoms. The van der Waals surface area contributed by atoms with Crippen molar-refractivity contribution in [2.75, 3.05) is 19.8 Å². The molecule has 2 rings (SSSR count). The smallest absolute Gasteiger partial charge is 0.407 e. The molecule has 0 spiro atoms. The molecule has 0 radical (unpaired) electrons. The van der Waals surface area contributed by atoms with E-state index in [2.05, 4.69) is 31.2 Å². The number of ether oxygens (including phenoxy) is 3. The van der Waals surface area contributed by atoms with E-state index in [0.29, 0.717) is 39.6 Å². The fourth-order valence-electron chi connectivity index (χ4n) is 3.07. The molecule has 30 heavy (non-hydrogen) atoms. The second kappa shape index (κ2) is 9.80. The lowest BCUT2D eigenvalue weighted by atomic mass is 10.0. The molecule has 8 nitrogen and oxygen atoms in total. The molecule has 1 N–H and O–H groups in total. The standard InChI is InChI=1S/C20H30BrClN4O4/c1-8-28-17(29-9-2)14-13(21)12-15(22)24-11-25-16(12)26(14)20(6,7)10-23-18(27)30-19(3,4)5/h11,17H,8-10H2,1-7H3,(H,23,27). The van der Waals surface area contributed by atoms with E-state index < -0.39 is 23.5 Å². The Bertz CT molecular complexity index is 889. The first kappa shape index (κ1) is 24.8. The van der Waals surface area contributed by atoms with Crippen molar-refractivity contribution >= 4 is 44.7 Å². The Kier molecular flexibility index (Phi) is 8.12. The summed E-state index contributed by atoms with van der Waals surface area (Å²) in [4.78, 5) is 20.8. The molecule has 0 saturated carbocycles. The van der Waals surface area contributed by atoms with E-state index in [1.54, 1.807) is 0 Å². The molecular weight excluding hydrogens is 476 g/mol. The molecule has 1 amide bonds. The summed E-state index contributed by atoms with van der Waals surface area (Å²) < 4.78 is 19.8. The number of halogens is 2. The van der Waals surface area contributed by atoms with Crippen LogP contribution in [0.1, 0.15) is 60.5 Å². The number of fused-ring (bicyclic) bond motifs is 1. The number of nitrogens with one attached hydrogen (secondary N) is 1. The van der Waals surface area contributed by atoms with Gasteiger partial charge in [-0.3, -0.25) is 0 Å². The van der Waals surface area contributed by atoms with E-state index in [4.69, 9.17) is 25.8 Å². The molecule has 0 aliphatic heterocycles. The van der Waals surface area contributed by atoms with Crippen LogP contribution in [-0.2, 0) is 19.7 Å². The molecule has 0 bridgehead atoms. The minimum atomic E-state index is -0.652. The van der Waals surface area contributed by atoms with Gasteiger partial charge < -0.3 is 24.1 Å². The van der Waals surface area contributed by atoms with Crippen LogP contribution in [0, 0.1) is 0 Å². The number of rotatable bonds is 8. The van der Waals surface area contributed by atoms with Crippen molar-refractivity contribution in [2.24, 2.45) is 0 Å². The third-order valence-corrected chi connectivity index (χ3v) is 5.30. The number of carbonyl (C=O) groups is 1. The van der Waals surface area contributed by atoms with Crippen LogP contribution in [0.4, 0.5) is 4.79 Å². The molecule has 0 saturated heterocycles. The van der Waals surface area contributed by atoms with Gasteiger partial charge in [0.15, 0.2) is 6.29 Å². The van der Waals surface area contributed by atoms with Crippen LogP contribution in [0.25, 0.3) is 11.0 Å². The van der Waals surface area contributed by atoms with Gasteiger partial charge in [-0.1, -0.05) is 11.6 Å². The van der Waals surface area contributed by atoms with Crippen LogP contribution in [0.3, 0.4) is 0 Å². The maximum atomic E-state index is 12.2. The van der Waals surface area contributed by atoms with Gasteiger partial charge in [0.1, 0.15) is 22.7 Å². The normalized spacial score (nSPS) is 12.6. The zero-order chi connectivity index (χ0) is 22.7. The average molecular weight is 506 g/mol. The van der Waals surface area contributed by atoms with Crippen molar-refractivity contribution in [3.8, 4) is 0 Å². The fourth-order valence-corrected chi connectivity index (χ4v) is 4.13. The Hall–Kier alpha value is -1.42. The lowest BCUT2D eigenvalue weighted by Crippen LogP contribution is -2.43. The predicted octanol–water partition coefficient (Wildman–Crippen LogP) is 5.18. The van der Waals surface area contributed by atoms with E-state index in [0.717, 1.165) is 0 Å². The molecule has 0 aromatic carbocycles. The minimum absolute atomic E-state index is 0.276. The van der Waals surface area contributed by atoms with Crippen molar-refractivity contribution in [3.05, 3.63) is 21.6 Å². The SMILES string of the molecule is CCOC(OCC)c1c(Br)c2c(Cl)ncnc2n1C(C)(C)CNC(=O)OC(C)(C)C. The second-order valence-corrected chi connectivity index (χ2v) is 9.46. The van der Waals surface area contributed by atoms with Crippen LogP contribution in [0.2, 0.25) is 5.15 Å². The zero-order valence-corrected chi connectivity index (χ0v) is 20.8. The van der Waals surface area contributed by atoms with Gasteiger partial charge in [-0.15, -0.1) is 0 Å². The number of amides is 1. The maximum absolute atomic E-state index is 12.2. The fraction of sp³-hybridized carbons (Fsp3) is 0.650. The van der Waals surface area contributed by atoms with Crippen LogP contribution in [0.15, 0.2) is 10.8 Å². The number of hydrogen-bond donors (Lipinski definition) is 1. The summed E-state index contributed by atoms with van der Waals surface area (Å²) in [6, 6.07) is 0. The number of nitrogens with zero attached hydrogens (tertiary/aromatic N) is 3. The van der Waals surface area contributed by atoms with E-state index in [-0.39, 0.29) is 6.54 Å². The highest BCUT2D eigenvalue weighted by Gasteiger charge is 2.34. The van der Waals surface area contributed by atoms with E-state index in [9.17, 15) is 4.79 Å². The summed E-state index contributed by atoms with van der Waals surface area (Å²) in [6.07, 6.45) is 0.261. The first-order valence-corrected chi connectivity index (χ1v) is 11.0. The largest absolute Gasteiger partial charge is 0.444 e. The number of alkyl carbamates (subject to hydrolysis) is 1. The minimum Gasteiger partial charge on any atom is -0.444 e. The van der Waals surface area contributed by atoms with Crippen molar-refractivity contribution in [3.63, 3.8) is 0 Å². The zero-order valence-electron chi connectivity index (χ0n) is 18.5. The summed E-state index contributed by atoms with van der Waals surface area (Å²) in [5, 5.41) is 3.81. The Morgan fingerprint density at radius 1 is 1.20 bits per heavy atom. The number of aromatic nitrogens is 3. The highest BCUT2D eigenvalue weighted by atomic mass is 79.9. The van der Waals surface area contributed by atoms with Gasteiger partial charge in [-0.05, 0) is 64.4 Å². The summed E-state index contributed by atoms with van der Waals surface area (Å²) in [5.41, 5.74) is 0.114. The van der Waals surface area contributed by atoms with Crippen molar-refractivity contribution in [1.82, 2.24) is 19.9 Å². The molecule has 0 fully saturated rings. The average Bonchev–Trinajstić information content (AvgIpc) is 2.93. The predicted molar refractivity (Wildman–Crippen MR) is 120 cm³/mol. The molecule has 168 valence electrons. The number of carbonyl (C=O) groups excluding carboxylic acids is 1. The highest BCUT2D eigenvalue weighted by molar-refractivity contribution is 9.10. The Morgan fingerprint density at radius 2 is 1.80 bits per heavy atom. The van der Waals surface area contributed by atoms with Crippen LogP contribution in [0.5, 0.6) is 0 Å². The van der Waals surface area contributed by atoms with Crippen LogP contribution >= 0.6 is 27.5 Å². The second-order valence-electron chi connectivity index (χ2n) is 8.31. The summed E-state index contributed by atoms with van der Waals surface area (Å²) in [7, 11) is 0. The summed E-state index contributed by atoms with van der Waals surface area (Å²) in [6.45, 7) is 14.4. The maximum Gasteiger partial charge on any atom is 0.407 e. The Labute approximate surface area is 190 Å². The van der Waals surface area contributed by atoms with E-state index in [1.807, 2.05) is 53.0 Å². The highest BCUT2D eigenvalue weighted by Crippen LogP contribution is 2.41. The van der Waals surface area contributed by atoms with Crippen molar-refractivity contribution < 1.29 is 19.0 Å². The Balaban J connectivity index is 2.56. The van der Waals surface area contributed by atoms with E-state index >= 15 is 0 Å². The monoisotopic (exact) mass is 504 g/mol. The molecule has 0 atom stereocenters. The Morgan fingerprint density at radius 3 is 2.33 bits per heavy atom. The first-order chi connectivity index (χ1) is 13.9. The summed E-state index contributed by atoms with van der Waals surface area (Å²) >= 11 is 10.0. The molecule has 2 aromatic heterocycles. The molecular formula is C20H30BrClN4O4. The first-order valence-electron chi connectivity index (χ1n) is 9.83. The van der Waals surface area contributed by atoms with Gasteiger partial charge >= 0.3 is 6.09 Å². The van der Waals surface area contributed by atoms with Crippen LogP contribution in [-0.4, -0.2) is 46.0 Å². The van der Waals surface area contributed by atoms with Gasteiger partial charge in [0.25, 0.3) is 0 Å². The quantitative estimate of drug-likeness (QED) is 0.393. The van der Waals surface area contributed by atoms with Crippen LogP contribution < -0.4 is 5.32 Å². The lowest BCUT2D eigenvalue weighted by molar-refractivity contribution is -0.145. The molecule has 0 unspecified atom stereocenters. The van der Waals surface area contributed by atoms with Gasteiger partial charge in [-0.25, -0.2) is 14.8 Å². The van der Waals surface area contributed by atoms with Crippen molar-refractivity contribution in [1.29, 1.82) is 0 Å². The molecule has 0 aliphatic carbocycles. The van der Waals surface area contributed by atoms with Gasteiger partial charge in [-0.2, -0.15) is 0 Å². The molecule has 2 aromatic rings. The molecule has 2 heterocycles. The van der Waals surface area contributed by atoms with Crippen molar-refractivity contribution in [2.45, 2.75) is 65.9 Å². The van der Waals surface area contributed by atoms with Gasteiger partial charge in [0.05, 0.1) is 21.1 Å².